The molecule has 0 bridgehead atoms. The molecule has 2 heterocycles. The Balaban J connectivity index is 1.65. The van der Waals surface area contributed by atoms with Crippen molar-refractivity contribution < 1.29 is 4.79 Å². The van der Waals surface area contributed by atoms with Gasteiger partial charge in [0.1, 0.15) is 22.2 Å². The zero-order valence-corrected chi connectivity index (χ0v) is 17.9. The number of carbonyl (C=O) groups is 1. The van der Waals surface area contributed by atoms with Gasteiger partial charge in [-0.3, -0.25) is 4.79 Å². The van der Waals surface area contributed by atoms with Crippen molar-refractivity contribution in [2.45, 2.75) is 57.9 Å². The Bertz CT molecular complexity index is 1010. The number of carbonyl (C=O) groups excluding carboxylic acids is 1. The van der Waals surface area contributed by atoms with Crippen molar-refractivity contribution >= 4 is 34.0 Å². The van der Waals surface area contributed by atoms with Crippen LogP contribution in [0.2, 0.25) is 0 Å². The number of amides is 1. The third kappa shape index (κ3) is 4.06. The molecule has 0 saturated heterocycles. The average molecular weight is 411 g/mol. The van der Waals surface area contributed by atoms with Gasteiger partial charge in [0.25, 0.3) is 0 Å². The van der Waals surface area contributed by atoms with Crippen LogP contribution in [0, 0.1) is 43.4 Å². The molecule has 144 valence electrons. The van der Waals surface area contributed by atoms with Gasteiger partial charge >= 0.3 is 0 Å². The minimum absolute atomic E-state index is 0.110. The van der Waals surface area contributed by atoms with Crippen molar-refractivity contribution in [2.24, 2.45) is 0 Å². The highest BCUT2D eigenvalue weighted by molar-refractivity contribution is 7.99. The van der Waals surface area contributed by atoms with Crippen LogP contribution in [0.3, 0.4) is 0 Å². The molecule has 28 heavy (non-hydrogen) atoms. The molecule has 2 aromatic heterocycles. The summed E-state index contributed by atoms with van der Waals surface area (Å²) in [6.45, 7) is 5.83. The number of nitrogens with zero attached hydrogens (tertiary/aromatic N) is 3. The predicted octanol–water partition coefficient (Wildman–Crippen LogP) is 4.81. The van der Waals surface area contributed by atoms with E-state index in [9.17, 15) is 15.3 Å². The summed E-state index contributed by atoms with van der Waals surface area (Å²) >= 11 is 2.97. The quantitative estimate of drug-likeness (QED) is 0.714. The first-order valence-electron chi connectivity index (χ1n) is 9.31. The van der Waals surface area contributed by atoms with Crippen LogP contribution in [0.5, 0.6) is 0 Å². The van der Waals surface area contributed by atoms with Gasteiger partial charge in [-0.05, 0) is 63.1 Å². The van der Waals surface area contributed by atoms with E-state index in [1.165, 1.54) is 28.0 Å². The summed E-state index contributed by atoms with van der Waals surface area (Å²) < 4.78 is 0. The summed E-state index contributed by atoms with van der Waals surface area (Å²) in [7, 11) is 0. The van der Waals surface area contributed by atoms with Gasteiger partial charge in [0.15, 0.2) is 0 Å². The molecule has 0 unspecified atom stereocenters. The zero-order valence-electron chi connectivity index (χ0n) is 16.3. The molecule has 0 aliphatic heterocycles. The van der Waals surface area contributed by atoms with Crippen LogP contribution < -0.4 is 5.32 Å². The monoisotopic (exact) mass is 410 g/mol. The molecule has 1 aliphatic carbocycles. The van der Waals surface area contributed by atoms with E-state index >= 15 is 0 Å². The number of fused-ring (bicyclic) bond motifs is 1. The number of nitriles is 2. The van der Waals surface area contributed by atoms with Gasteiger partial charge in [0.05, 0.1) is 11.1 Å². The Kier molecular flexibility index (Phi) is 6.39. The maximum absolute atomic E-state index is 12.4. The Labute approximate surface area is 173 Å². The van der Waals surface area contributed by atoms with Crippen LogP contribution >= 0.6 is 23.1 Å². The van der Waals surface area contributed by atoms with Crippen molar-refractivity contribution in [2.75, 3.05) is 11.1 Å². The van der Waals surface area contributed by atoms with Crippen molar-refractivity contribution in [1.29, 1.82) is 10.5 Å². The fourth-order valence-corrected chi connectivity index (χ4v) is 5.63. The van der Waals surface area contributed by atoms with E-state index in [0.717, 1.165) is 48.1 Å². The Morgan fingerprint density at radius 3 is 2.57 bits per heavy atom. The number of rotatable bonds is 5. The first kappa shape index (κ1) is 20.4. The number of nitrogens with one attached hydrogen (secondary N) is 1. The lowest BCUT2D eigenvalue weighted by Crippen LogP contribution is -2.12. The highest BCUT2D eigenvalue weighted by atomic mass is 32.2. The Hall–Kier alpha value is -2.35. The fraction of sp³-hybridized carbons (Fsp3) is 0.429. The number of thiophene rings is 1. The molecule has 1 amide bonds. The van der Waals surface area contributed by atoms with Crippen LogP contribution in [0.4, 0.5) is 5.00 Å². The molecule has 0 aromatic carbocycles. The van der Waals surface area contributed by atoms with E-state index in [4.69, 9.17) is 0 Å². The minimum atomic E-state index is -0.110. The van der Waals surface area contributed by atoms with E-state index < -0.39 is 0 Å². The second-order valence-electron chi connectivity index (χ2n) is 6.91. The van der Waals surface area contributed by atoms with Crippen LogP contribution in [0.1, 0.15) is 57.7 Å². The molecule has 0 fully saturated rings. The second-order valence-corrected chi connectivity index (χ2v) is 9.10. The number of hydrogen-bond donors (Lipinski definition) is 1. The summed E-state index contributed by atoms with van der Waals surface area (Å²) in [5, 5.41) is 23.2. The van der Waals surface area contributed by atoms with E-state index in [1.54, 1.807) is 0 Å². The number of thioether (sulfide) groups is 1. The molecule has 7 heteroatoms. The van der Waals surface area contributed by atoms with Gasteiger partial charge in [-0.1, -0.05) is 0 Å². The minimum Gasteiger partial charge on any atom is -0.317 e. The third-order valence-electron chi connectivity index (χ3n) is 5.18. The lowest BCUT2D eigenvalue weighted by Gasteiger charge is -2.11. The zero-order chi connectivity index (χ0) is 20.3. The van der Waals surface area contributed by atoms with Gasteiger partial charge in [-0.25, -0.2) is 4.98 Å². The summed E-state index contributed by atoms with van der Waals surface area (Å²) in [4.78, 5) is 18.2. The normalized spacial score (nSPS) is 12.8. The summed E-state index contributed by atoms with van der Waals surface area (Å²) in [6, 6.07) is 4.50. The number of aromatic nitrogens is 1. The van der Waals surface area contributed by atoms with Gasteiger partial charge in [-0.15, -0.1) is 23.1 Å². The van der Waals surface area contributed by atoms with Crippen LogP contribution in [0.25, 0.3) is 0 Å². The van der Waals surface area contributed by atoms with Crippen molar-refractivity contribution in [3.8, 4) is 12.1 Å². The van der Waals surface area contributed by atoms with Crippen molar-refractivity contribution in [1.82, 2.24) is 4.98 Å². The summed E-state index contributed by atoms with van der Waals surface area (Å²) in [6.07, 6.45) is 4.47. The van der Waals surface area contributed by atoms with E-state index in [2.05, 4.69) is 22.4 Å². The van der Waals surface area contributed by atoms with E-state index in [1.807, 2.05) is 20.8 Å². The maximum atomic E-state index is 12.4. The Morgan fingerprint density at radius 1 is 1.14 bits per heavy atom. The highest BCUT2D eigenvalue weighted by Gasteiger charge is 2.22. The molecule has 0 radical (unpaired) electrons. The third-order valence-corrected chi connectivity index (χ3v) is 7.36. The first-order valence-corrected chi connectivity index (χ1v) is 11.1. The topological polar surface area (TPSA) is 89.6 Å². The SMILES string of the molecule is Cc1nc(SCCC(=O)Nc2sc3c(c2C#N)CCCC3)c(C#N)c(C)c1C. The molecule has 0 atom stereocenters. The number of anilines is 1. The lowest BCUT2D eigenvalue weighted by atomic mass is 9.96. The smallest absolute Gasteiger partial charge is 0.225 e. The highest BCUT2D eigenvalue weighted by Crippen LogP contribution is 2.37. The average Bonchev–Trinajstić information content (AvgIpc) is 3.03. The van der Waals surface area contributed by atoms with Gasteiger partial charge in [-0.2, -0.15) is 10.5 Å². The van der Waals surface area contributed by atoms with Gasteiger partial charge < -0.3 is 5.32 Å². The van der Waals surface area contributed by atoms with Crippen molar-refractivity contribution in [3.05, 3.63) is 38.4 Å². The first-order chi connectivity index (χ1) is 13.5. The predicted molar refractivity (Wildman–Crippen MR) is 113 cm³/mol. The van der Waals surface area contributed by atoms with Crippen LogP contribution in [0.15, 0.2) is 5.03 Å². The number of hydrogen-bond acceptors (Lipinski definition) is 6. The number of pyridine rings is 1. The molecule has 1 aliphatic rings. The summed E-state index contributed by atoms with van der Waals surface area (Å²) in [5.74, 6) is 0.421. The van der Waals surface area contributed by atoms with E-state index in [-0.39, 0.29) is 5.91 Å². The van der Waals surface area contributed by atoms with Crippen LogP contribution in [-0.4, -0.2) is 16.6 Å². The van der Waals surface area contributed by atoms with Gasteiger partial charge in [0, 0.05) is 22.7 Å². The Morgan fingerprint density at radius 2 is 1.86 bits per heavy atom. The molecule has 0 spiro atoms. The lowest BCUT2D eigenvalue weighted by molar-refractivity contribution is -0.115. The summed E-state index contributed by atoms with van der Waals surface area (Å²) in [5.41, 5.74) is 5.24. The second kappa shape index (κ2) is 8.77. The number of aryl methyl sites for hydroxylation is 2. The molecule has 0 saturated carbocycles. The van der Waals surface area contributed by atoms with E-state index in [0.29, 0.717) is 33.3 Å². The van der Waals surface area contributed by atoms with Crippen molar-refractivity contribution in [3.63, 3.8) is 0 Å². The fourth-order valence-electron chi connectivity index (χ4n) is 3.35. The van der Waals surface area contributed by atoms with Crippen LogP contribution in [-0.2, 0) is 17.6 Å². The standard InChI is InChI=1S/C21H22N4OS2/c1-12-13(2)16(10-22)20(24-14(12)3)27-9-8-19(26)25-21-17(11-23)15-6-4-5-7-18(15)28-21/h4-9H2,1-3H3,(H,25,26). The molecule has 3 rings (SSSR count). The molecular formula is C21H22N4OS2. The molecular weight excluding hydrogens is 388 g/mol. The maximum Gasteiger partial charge on any atom is 0.225 e. The molecule has 1 N–H and O–H groups in total. The molecule has 5 nitrogen and oxygen atoms in total. The molecule has 2 aromatic rings. The van der Waals surface area contributed by atoms with Gasteiger partial charge in [0.2, 0.25) is 5.91 Å². The largest absolute Gasteiger partial charge is 0.317 e.